The molecule has 2 aromatic carbocycles. The topological polar surface area (TPSA) is 87.3 Å². The number of benzene rings is 2. The summed E-state index contributed by atoms with van der Waals surface area (Å²) in [7, 11) is 0. The Balaban J connectivity index is 1.67. The molecular formula is C19H19N3O3S. The summed E-state index contributed by atoms with van der Waals surface area (Å²) in [6, 6.07) is 14.3. The van der Waals surface area contributed by atoms with E-state index in [0.717, 1.165) is 10.5 Å². The Labute approximate surface area is 155 Å². The highest BCUT2D eigenvalue weighted by atomic mass is 32.2. The lowest BCUT2D eigenvalue weighted by atomic mass is 9.92. The zero-order valence-corrected chi connectivity index (χ0v) is 15.3. The van der Waals surface area contributed by atoms with Crippen molar-refractivity contribution in [3.8, 4) is 0 Å². The Morgan fingerprint density at radius 1 is 1.15 bits per heavy atom. The smallest absolute Gasteiger partial charge is 0.322 e. The van der Waals surface area contributed by atoms with E-state index in [4.69, 9.17) is 0 Å². The molecule has 1 heterocycles. The fourth-order valence-corrected chi connectivity index (χ4v) is 3.54. The lowest BCUT2D eigenvalue weighted by Crippen LogP contribution is -2.40. The molecule has 1 fully saturated rings. The molecule has 3 rings (SSSR count). The van der Waals surface area contributed by atoms with Crippen molar-refractivity contribution in [3.63, 3.8) is 0 Å². The van der Waals surface area contributed by atoms with Crippen molar-refractivity contribution >= 4 is 35.3 Å². The van der Waals surface area contributed by atoms with Gasteiger partial charge in [0.1, 0.15) is 5.54 Å². The molecule has 1 atom stereocenters. The third-order valence-electron chi connectivity index (χ3n) is 4.22. The SMILES string of the molecule is Cc1ccccc1SCC(=O)Nc1cccc([C@]2(C)NC(=O)NC2=O)c1. The summed E-state index contributed by atoms with van der Waals surface area (Å²) in [5.41, 5.74) is 1.16. The number of aryl methyl sites for hydroxylation is 1. The average Bonchev–Trinajstić information content (AvgIpc) is 2.87. The molecule has 1 aliphatic heterocycles. The first kappa shape index (κ1) is 18.0. The van der Waals surface area contributed by atoms with Crippen LogP contribution in [0.4, 0.5) is 10.5 Å². The molecule has 6 nitrogen and oxygen atoms in total. The van der Waals surface area contributed by atoms with Crippen LogP contribution < -0.4 is 16.0 Å². The molecular weight excluding hydrogens is 350 g/mol. The molecule has 2 aromatic rings. The molecule has 134 valence electrons. The Bertz CT molecular complexity index is 884. The minimum atomic E-state index is -1.15. The van der Waals surface area contributed by atoms with Crippen LogP contribution in [0.15, 0.2) is 53.4 Å². The van der Waals surface area contributed by atoms with Crippen LogP contribution in [0.25, 0.3) is 0 Å². The van der Waals surface area contributed by atoms with Crippen molar-refractivity contribution in [3.05, 3.63) is 59.7 Å². The van der Waals surface area contributed by atoms with Crippen LogP contribution in [0, 0.1) is 6.92 Å². The highest BCUT2D eigenvalue weighted by Crippen LogP contribution is 2.27. The summed E-state index contributed by atoms with van der Waals surface area (Å²) in [4.78, 5) is 36.8. The van der Waals surface area contributed by atoms with Crippen molar-refractivity contribution in [1.29, 1.82) is 0 Å². The number of amides is 4. The number of carbonyl (C=O) groups is 3. The van der Waals surface area contributed by atoms with Gasteiger partial charge in [0.2, 0.25) is 5.91 Å². The lowest BCUT2D eigenvalue weighted by molar-refractivity contribution is -0.123. The number of thioether (sulfide) groups is 1. The van der Waals surface area contributed by atoms with Crippen LogP contribution >= 0.6 is 11.8 Å². The molecule has 0 aromatic heterocycles. The van der Waals surface area contributed by atoms with E-state index in [1.54, 1.807) is 31.2 Å². The molecule has 0 bridgehead atoms. The van der Waals surface area contributed by atoms with E-state index in [1.807, 2.05) is 31.2 Å². The van der Waals surface area contributed by atoms with E-state index in [2.05, 4.69) is 16.0 Å². The van der Waals surface area contributed by atoms with Crippen LogP contribution in [0.2, 0.25) is 0 Å². The maximum atomic E-state index is 12.2. The first-order valence-electron chi connectivity index (χ1n) is 8.11. The third-order valence-corrected chi connectivity index (χ3v) is 5.40. The van der Waals surface area contributed by atoms with Gasteiger partial charge in [-0.15, -0.1) is 11.8 Å². The van der Waals surface area contributed by atoms with E-state index in [-0.39, 0.29) is 11.7 Å². The van der Waals surface area contributed by atoms with Crippen LogP contribution in [-0.2, 0) is 15.1 Å². The first-order chi connectivity index (χ1) is 12.4. The van der Waals surface area contributed by atoms with Gasteiger partial charge >= 0.3 is 6.03 Å². The largest absolute Gasteiger partial charge is 0.325 e. The quantitative estimate of drug-likeness (QED) is 0.559. The van der Waals surface area contributed by atoms with Crippen molar-refractivity contribution < 1.29 is 14.4 Å². The number of carbonyl (C=O) groups excluding carboxylic acids is 3. The predicted octanol–water partition coefficient (Wildman–Crippen LogP) is 2.78. The number of rotatable bonds is 5. The summed E-state index contributed by atoms with van der Waals surface area (Å²) in [5.74, 6) is -0.273. The second-order valence-corrected chi connectivity index (χ2v) is 7.23. The van der Waals surface area contributed by atoms with Crippen LogP contribution in [0.5, 0.6) is 0 Å². The Kier molecular flexibility index (Phi) is 4.99. The van der Waals surface area contributed by atoms with Gasteiger partial charge in [-0.05, 0) is 43.2 Å². The summed E-state index contributed by atoms with van der Waals surface area (Å²) >= 11 is 1.47. The van der Waals surface area contributed by atoms with Crippen molar-refractivity contribution in [2.75, 3.05) is 11.1 Å². The van der Waals surface area contributed by atoms with Crippen molar-refractivity contribution in [2.45, 2.75) is 24.3 Å². The molecule has 7 heteroatoms. The van der Waals surface area contributed by atoms with E-state index in [0.29, 0.717) is 11.3 Å². The second kappa shape index (κ2) is 7.21. The van der Waals surface area contributed by atoms with Crippen LogP contribution in [0.3, 0.4) is 0 Å². The standard InChI is InChI=1S/C19H19N3O3S/c1-12-6-3-4-9-15(12)26-11-16(23)20-14-8-5-7-13(10-14)19(2)17(24)21-18(25)22-19/h3-10H,11H2,1-2H3,(H,20,23)(H2,21,22,24,25)/t19-/m0/s1. The average molecular weight is 369 g/mol. The molecule has 0 unspecified atom stereocenters. The van der Waals surface area contributed by atoms with Crippen LogP contribution in [-0.4, -0.2) is 23.6 Å². The van der Waals surface area contributed by atoms with E-state index in [1.165, 1.54) is 11.8 Å². The number of imide groups is 1. The zero-order valence-electron chi connectivity index (χ0n) is 14.5. The van der Waals surface area contributed by atoms with Gasteiger partial charge in [-0.2, -0.15) is 0 Å². The zero-order chi connectivity index (χ0) is 18.7. The molecule has 3 N–H and O–H groups in total. The maximum absolute atomic E-state index is 12.2. The number of hydrogen-bond donors (Lipinski definition) is 3. The van der Waals surface area contributed by atoms with Crippen molar-refractivity contribution in [1.82, 2.24) is 10.6 Å². The fraction of sp³-hybridized carbons (Fsp3) is 0.211. The van der Waals surface area contributed by atoms with Crippen LogP contribution in [0.1, 0.15) is 18.1 Å². The second-order valence-electron chi connectivity index (χ2n) is 6.22. The molecule has 4 amide bonds. The number of nitrogens with one attached hydrogen (secondary N) is 3. The molecule has 0 spiro atoms. The summed E-state index contributed by atoms with van der Waals surface area (Å²) < 4.78 is 0. The third kappa shape index (κ3) is 3.72. The highest BCUT2D eigenvalue weighted by molar-refractivity contribution is 8.00. The Morgan fingerprint density at radius 3 is 2.62 bits per heavy atom. The summed E-state index contributed by atoms with van der Waals surface area (Å²) in [6.45, 7) is 3.63. The van der Waals surface area contributed by atoms with Gasteiger partial charge in [0.25, 0.3) is 5.91 Å². The minimum Gasteiger partial charge on any atom is -0.325 e. The number of urea groups is 1. The molecule has 0 saturated carbocycles. The molecule has 0 aliphatic carbocycles. The van der Waals surface area contributed by atoms with Gasteiger partial charge in [0, 0.05) is 10.6 Å². The summed E-state index contributed by atoms with van der Waals surface area (Å²) in [5, 5.41) is 7.68. The highest BCUT2D eigenvalue weighted by Gasteiger charge is 2.43. The number of hydrogen-bond acceptors (Lipinski definition) is 4. The van der Waals surface area contributed by atoms with Gasteiger partial charge in [-0.3, -0.25) is 14.9 Å². The van der Waals surface area contributed by atoms with E-state index in [9.17, 15) is 14.4 Å². The molecule has 1 saturated heterocycles. The fourth-order valence-electron chi connectivity index (χ4n) is 2.71. The molecule has 26 heavy (non-hydrogen) atoms. The van der Waals surface area contributed by atoms with E-state index < -0.39 is 17.5 Å². The lowest BCUT2D eigenvalue weighted by Gasteiger charge is -2.21. The molecule has 1 aliphatic rings. The van der Waals surface area contributed by atoms with Gasteiger partial charge in [-0.25, -0.2) is 4.79 Å². The van der Waals surface area contributed by atoms with Gasteiger partial charge < -0.3 is 10.6 Å². The van der Waals surface area contributed by atoms with Crippen molar-refractivity contribution in [2.24, 2.45) is 0 Å². The predicted molar refractivity (Wildman–Crippen MR) is 101 cm³/mol. The monoisotopic (exact) mass is 369 g/mol. The first-order valence-corrected chi connectivity index (χ1v) is 9.09. The Morgan fingerprint density at radius 2 is 1.92 bits per heavy atom. The Hall–Kier alpha value is -2.80. The summed E-state index contributed by atoms with van der Waals surface area (Å²) in [6.07, 6.45) is 0. The van der Waals surface area contributed by atoms with Gasteiger partial charge in [0.15, 0.2) is 0 Å². The normalized spacial score (nSPS) is 19.0. The molecule has 0 radical (unpaired) electrons. The van der Waals surface area contributed by atoms with Gasteiger partial charge in [-0.1, -0.05) is 30.3 Å². The maximum Gasteiger partial charge on any atom is 0.322 e. The van der Waals surface area contributed by atoms with E-state index >= 15 is 0 Å². The van der Waals surface area contributed by atoms with Gasteiger partial charge in [0.05, 0.1) is 5.75 Å². The number of anilines is 1. The minimum absolute atomic E-state index is 0.138.